The Balaban J connectivity index is 2.53. The van der Waals surface area contributed by atoms with E-state index in [1.54, 1.807) is 0 Å². The molecule has 0 aromatic heterocycles. The molecule has 8 atom stereocenters. The predicted molar refractivity (Wildman–Crippen MR) is 226 cm³/mol. The van der Waals surface area contributed by atoms with Crippen molar-refractivity contribution in [1.82, 2.24) is 0 Å². The molecule has 1 saturated carbocycles. The fourth-order valence-electron chi connectivity index (χ4n) is 6.12. The van der Waals surface area contributed by atoms with Crippen molar-refractivity contribution in [3.8, 4) is 0 Å². The zero-order chi connectivity index (χ0) is 42.9. The summed E-state index contributed by atoms with van der Waals surface area (Å²) in [6, 6.07) is 0. The maximum Gasteiger partial charge on any atom is 0.472 e. The minimum absolute atomic E-state index is 0.0148. The molecule has 1 aliphatic carbocycles. The van der Waals surface area contributed by atoms with Gasteiger partial charge in [-0.1, -0.05) is 132 Å². The van der Waals surface area contributed by atoms with Gasteiger partial charge in [-0.25, -0.2) is 4.57 Å². The molecule has 0 aromatic rings. The van der Waals surface area contributed by atoms with Gasteiger partial charge in [-0.3, -0.25) is 18.6 Å². The molecule has 0 heterocycles. The number of phosphoric ester groups is 1. The molecule has 1 rings (SSSR count). The first-order valence-corrected chi connectivity index (χ1v) is 23.1. The first kappa shape index (κ1) is 53.6. The van der Waals surface area contributed by atoms with Crippen molar-refractivity contribution in [2.24, 2.45) is 0 Å². The molecule has 13 nitrogen and oxygen atoms in total. The number of hydrogen-bond acceptors (Lipinski definition) is 12. The van der Waals surface area contributed by atoms with E-state index in [-0.39, 0.29) is 12.8 Å². The second kappa shape index (κ2) is 34.3. The van der Waals surface area contributed by atoms with Gasteiger partial charge in [0.1, 0.15) is 43.2 Å². The van der Waals surface area contributed by atoms with E-state index < -0.39 is 75.7 Å². The Labute approximate surface area is 347 Å². The number of ether oxygens (including phenoxy) is 2. The first-order chi connectivity index (χ1) is 27.9. The van der Waals surface area contributed by atoms with Gasteiger partial charge in [0.25, 0.3) is 0 Å². The number of aliphatic hydroxyl groups is 5. The molecular weight excluding hydrogens is 767 g/mol. The summed E-state index contributed by atoms with van der Waals surface area (Å²) in [5.74, 6) is -1.20. The molecule has 1 aliphatic rings. The van der Waals surface area contributed by atoms with E-state index in [9.17, 15) is 44.6 Å². The summed E-state index contributed by atoms with van der Waals surface area (Å²) in [5.41, 5.74) is 0. The second-order valence-corrected chi connectivity index (χ2v) is 16.2. The van der Waals surface area contributed by atoms with Crippen LogP contribution in [-0.4, -0.2) is 98.3 Å². The summed E-state index contributed by atoms with van der Waals surface area (Å²) in [6.07, 6.45) is 27.3. The molecule has 334 valence electrons. The molecule has 0 bridgehead atoms. The van der Waals surface area contributed by atoms with E-state index in [4.69, 9.17) is 18.5 Å². The van der Waals surface area contributed by atoms with Gasteiger partial charge in [0.15, 0.2) is 6.10 Å². The third kappa shape index (κ3) is 26.6. The number of unbranched alkanes of at least 4 members (excludes halogenated alkanes) is 12. The van der Waals surface area contributed by atoms with E-state index in [0.29, 0.717) is 12.8 Å². The smallest absolute Gasteiger partial charge is 0.462 e. The fourth-order valence-corrected chi connectivity index (χ4v) is 7.09. The number of rotatable bonds is 34. The van der Waals surface area contributed by atoms with Crippen LogP contribution in [-0.2, 0) is 32.7 Å². The normalized spacial score (nSPS) is 23.1. The van der Waals surface area contributed by atoms with Crippen molar-refractivity contribution in [3.63, 3.8) is 0 Å². The van der Waals surface area contributed by atoms with E-state index in [0.717, 1.165) is 70.6 Å². The third-order valence-electron chi connectivity index (χ3n) is 9.61. The third-order valence-corrected chi connectivity index (χ3v) is 10.6. The molecule has 0 aromatic carbocycles. The largest absolute Gasteiger partial charge is 0.472 e. The predicted octanol–water partition coefficient (Wildman–Crippen LogP) is 7.77. The Morgan fingerprint density at radius 3 is 1.57 bits per heavy atom. The van der Waals surface area contributed by atoms with Gasteiger partial charge in [-0.05, 0) is 64.2 Å². The Hall–Kier alpha value is -2.45. The second-order valence-electron chi connectivity index (χ2n) is 14.8. The zero-order valence-electron chi connectivity index (χ0n) is 35.1. The van der Waals surface area contributed by atoms with Gasteiger partial charge < -0.3 is 39.9 Å². The quantitative estimate of drug-likeness (QED) is 0.0159. The molecule has 7 unspecified atom stereocenters. The first-order valence-electron chi connectivity index (χ1n) is 21.6. The molecule has 6 N–H and O–H groups in total. The fraction of sp³-hybridized carbons (Fsp3) is 0.727. The van der Waals surface area contributed by atoms with E-state index in [1.165, 1.54) is 38.5 Å². The van der Waals surface area contributed by atoms with Crippen LogP contribution in [0.2, 0.25) is 0 Å². The van der Waals surface area contributed by atoms with Gasteiger partial charge in [0.2, 0.25) is 0 Å². The summed E-state index contributed by atoms with van der Waals surface area (Å²) in [7, 11) is -5.13. The maximum absolute atomic E-state index is 12.8. The van der Waals surface area contributed by atoms with Crippen molar-refractivity contribution in [1.29, 1.82) is 0 Å². The average Bonchev–Trinajstić information content (AvgIpc) is 3.20. The lowest BCUT2D eigenvalue weighted by Crippen LogP contribution is -2.64. The number of phosphoric acid groups is 1. The number of carbonyl (C=O) groups excluding carboxylic acids is 2. The lowest BCUT2D eigenvalue weighted by Gasteiger charge is -2.41. The highest BCUT2D eigenvalue weighted by molar-refractivity contribution is 7.47. The monoisotopic (exact) mass is 842 g/mol. The lowest BCUT2D eigenvalue weighted by molar-refractivity contribution is -0.220. The molecule has 0 amide bonds. The van der Waals surface area contributed by atoms with Gasteiger partial charge in [-0.15, -0.1) is 0 Å². The van der Waals surface area contributed by atoms with Crippen molar-refractivity contribution in [3.05, 3.63) is 60.8 Å². The minimum Gasteiger partial charge on any atom is -0.462 e. The summed E-state index contributed by atoms with van der Waals surface area (Å²) in [6.45, 7) is 3.09. The molecule has 0 radical (unpaired) electrons. The van der Waals surface area contributed by atoms with Crippen molar-refractivity contribution in [2.75, 3.05) is 13.2 Å². The molecule has 0 saturated heterocycles. The van der Waals surface area contributed by atoms with E-state index in [1.807, 2.05) is 12.2 Å². The minimum atomic E-state index is -5.13. The Morgan fingerprint density at radius 1 is 0.552 bits per heavy atom. The van der Waals surface area contributed by atoms with Gasteiger partial charge in [0.05, 0.1) is 6.61 Å². The summed E-state index contributed by atoms with van der Waals surface area (Å²) in [4.78, 5) is 35.6. The van der Waals surface area contributed by atoms with E-state index in [2.05, 4.69) is 62.5 Å². The number of aliphatic hydroxyl groups excluding tert-OH is 5. The summed E-state index contributed by atoms with van der Waals surface area (Å²) in [5, 5.41) is 50.0. The summed E-state index contributed by atoms with van der Waals surface area (Å²) < 4.78 is 33.3. The summed E-state index contributed by atoms with van der Waals surface area (Å²) >= 11 is 0. The van der Waals surface area contributed by atoms with Crippen LogP contribution in [0.5, 0.6) is 0 Å². The van der Waals surface area contributed by atoms with Crippen molar-refractivity contribution >= 4 is 19.8 Å². The van der Waals surface area contributed by atoms with E-state index >= 15 is 0 Å². The number of carbonyl (C=O) groups is 2. The number of hydrogen-bond donors (Lipinski definition) is 6. The van der Waals surface area contributed by atoms with Crippen LogP contribution in [0.3, 0.4) is 0 Å². The maximum atomic E-state index is 12.8. The Morgan fingerprint density at radius 2 is 1.02 bits per heavy atom. The molecule has 58 heavy (non-hydrogen) atoms. The van der Waals surface area contributed by atoms with Gasteiger partial charge in [0, 0.05) is 12.8 Å². The topological polar surface area (TPSA) is 210 Å². The Kier molecular flexibility index (Phi) is 31.7. The highest BCUT2D eigenvalue weighted by Crippen LogP contribution is 2.47. The molecular formula is C44H75O13P. The molecule has 1 fully saturated rings. The van der Waals surface area contributed by atoms with Gasteiger partial charge >= 0.3 is 19.8 Å². The van der Waals surface area contributed by atoms with Crippen LogP contribution in [0, 0.1) is 0 Å². The standard InChI is InChI=1S/C44H75O13P/c1-3-5-7-9-11-13-15-17-18-19-21-22-24-26-28-30-32-37(45)54-34-36(35-55-58(52,53)57-44-42(50)40(48)39(47)41(49)43(44)51)56-38(46)33-31-29-27-25-23-20-16-14-12-10-8-6-4-2/h5,7,11,13,17-18,20,23,27,29,36,39-44,47-51H,3-4,6,8-10,12,14-16,19,21-22,24-26,28,30-35H2,1-2H3,(H,52,53)/b7-5+,13-11+,18-17+,23-20+,29-27+/t36?,39?,40-,41?,42?,43?,44?/m0/s1. The van der Waals surface area contributed by atoms with Crippen molar-refractivity contribution in [2.45, 2.75) is 191 Å². The van der Waals surface area contributed by atoms with Crippen LogP contribution in [0.1, 0.15) is 149 Å². The number of allylic oxidation sites excluding steroid dienone is 10. The van der Waals surface area contributed by atoms with Crippen LogP contribution in [0.15, 0.2) is 60.8 Å². The van der Waals surface area contributed by atoms with Crippen LogP contribution < -0.4 is 0 Å². The lowest BCUT2D eigenvalue weighted by atomic mass is 9.85. The number of esters is 2. The van der Waals surface area contributed by atoms with Crippen LogP contribution in [0.4, 0.5) is 0 Å². The Bertz CT molecular complexity index is 1250. The highest BCUT2D eigenvalue weighted by atomic mass is 31.2. The highest BCUT2D eigenvalue weighted by Gasteiger charge is 2.51. The zero-order valence-corrected chi connectivity index (χ0v) is 36.0. The van der Waals surface area contributed by atoms with Crippen molar-refractivity contribution < 1.29 is 63.1 Å². The van der Waals surface area contributed by atoms with Gasteiger partial charge in [-0.2, -0.15) is 0 Å². The average molecular weight is 843 g/mol. The van der Waals surface area contributed by atoms with Crippen LogP contribution >= 0.6 is 7.82 Å². The van der Waals surface area contributed by atoms with Crippen LogP contribution in [0.25, 0.3) is 0 Å². The molecule has 0 aliphatic heterocycles. The SMILES string of the molecule is CC/C=C/C/C=C/C/C=C/CCCCCCCCC(=O)OCC(COP(=O)(O)OC1C(O)C(O)C(O)[C@H](O)C1O)OC(=O)CC/C=C/C/C=C/CCCCCCCC. The molecule has 0 spiro atoms. The molecule has 14 heteroatoms.